The molecule has 0 atom stereocenters. The van der Waals surface area contributed by atoms with Crippen molar-refractivity contribution in [1.29, 1.82) is 5.26 Å². The molecule has 1 fully saturated rings. The third kappa shape index (κ3) is 4.24. The first kappa shape index (κ1) is 15.9. The number of nitrogens with zero attached hydrogens (tertiary/aromatic N) is 2. The maximum absolute atomic E-state index is 12.2. The highest BCUT2D eigenvalue weighted by atomic mass is 16.5. The normalized spacial score (nSPS) is 15.1. The molecule has 1 aromatic rings. The highest BCUT2D eigenvalue weighted by molar-refractivity contribution is 5.97. The van der Waals surface area contributed by atoms with Crippen LogP contribution in [-0.2, 0) is 11.3 Å². The van der Waals surface area contributed by atoms with Crippen LogP contribution in [0.1, 0.15) is 5.56 Å². The van der Waals surface area contributed by atoms with Gasteiger partial charge in [-0.25, -0.2) is 0 Å². The monoisotopic (exact) mass is 300 g/mol. The Morgan fingerprint density at radius 2 is 2.09 bits per heavy atom. The summed E-state index contributed by atoms with van der Waals surface area (Å²) in [5.41, 5.74) is 1.18. The van der Waals surface area contributed by atoms with Crippen molar-refractivity contribution in [3.8, 4) is 11.8 Å². The number of carbonyl (C=O) groups is 1. The van der Waals surface area contributed by atoms with E-state index in [0.717, 1.165) is 24.4 Å². The second-order valence-corrected chi connectivity index (χ2v) is 4.94. The minimum absolute atomic E-state index is 0.135. The topological polar surface area (TPSA) is 77.4 Å². The molecular weight excluding hydrogens is 280 g/mol. The number of methoxy groups -OCH3 is 1. The fraction of sp³-hybridized carbons (Fsp3) is 0.375. The van der Waals surface area contributed by atoms with Crippen molar-refractivity contribution in [1.82, 2.24) is 15.5 Å². The maximum atomic E-state index is 12.2. The Morgan fingerprint density at radius 3 is 2.68 bits per heavy atom. The first-order valence-corrected chi connectivity index (χ1v) is 7.21. The van der Waals surface area contributed by atoms with Crippen molar-refractivity contribution in [3.05, 3.63) is 41.6 Å². The van der Waals surface area contributed by atoms with E-state index in [0.29, 0.717) is 19.6 Å². The van der Waals surface area contributed by atoms with Crippen LogP contribution in [0.3, 0.4) is 0 Å². The average molecular weight is 300 g/mol. The van der Waals surface area contributed by atoms with Crippen LogP contribution in [0, 0.1) is 11.3 Å². The Balaban J connectivity index is 1.91. The van der Waals surface area contributed by atoms with Gasteiger partial charge in [0.1, 0.15) is 17.4 Å². The molecule has 1 aliphatic rings. The van der Waals surface area contributed by atoms with Gasteiger partial charge in [-0.3, -0.25) is 4.79 Å². The molecule has 0 unspecified atom stereocenters. The number of nitrogens with one attached hydrogen (secondary N) is 2. The van der Waals surface area contributed by atoms with Gasteiger partial charge < -0.3 is 20.3 Å². The Kier molecular flexibility index (Phi) is 5.81. The highest BCUT2D eigenvalue weighted by Crippen LogP contribution is 2.11. The summed E-state index contributed by atoms with van der Waals surface area (Å²) in [6.45, 7) is 3.35. The molecule has 1 heterocycles. The van der Waals surface area contributed by atoms with Crippen LogP contribution in [0.15, 0.2) is 36.0 Å². The fourth-order valence-corrected chi connectivity index (χ4v) is 2.19. The number of nitriles is 1. The first-order chi connectivity index (χ1) is 10.7. The van der Waals surface area contributed by atoms with Gasteiger partial charge in [0.2, 0.25) is 0 Å². The van der Waals surface area contributed by atoms with Crippen LogP contribution in [0.4, 0.5) is 0 Å². The van der Waals surface area contributed by atoms with Crippen LogP contribution < -0.4 is 15.4 Å². The minimum Gasteiger partial charge on any atom is -0.497 e. The maximum Gasteiger partial charge on any atom is 0.266 e. The Morgan fingerprint density at radius 1 is 1.41 bits per heavy atom. The summed E-state index contributed by atoms with van der Waals surface area (Å²) in [5, 5.41) is 15.4. The zero-order valence-corrected chi connectivity index (χ0v) is 12.6. The molecule has 6 heteroatoms. The molecule has 2 N–H and O–H groups in total. The van der Waals surface area contributed by atoms with Crippen molar-refractivity contribution < 1.29 is 9.53 Å². The third-order valence-electron chi connectivity index (χ3n) is 3.47. The molecule has 1 saturated heterocycles. The predicted molar refractivity (Wildman–Crippen MR) is 83.0 cm³/mol. The number of ether oxygens (including phenoxy) is 1. The van der Waals surface area contributed by atoms with Crippen molar-refractivity contribution in [2.24, 2.45) is 0 Å². The lowest BCUT2D eigenvalue weighted by Crippen LogP contribution is -2.46. The van der Waals surface area contributed by atoms with E-state index in [2.05, 4.69) is 10.6 Å². The molecule has 0 radical (unpaired) electrons. The van der Waals surface area contributed by atoms with Crippen molar-refractivity contribution >= 4 is 5.91 Å². The van der Waals surface area contributed by atoms with E-state index >= 15 is 0 Å². The van der Waals surface area contributed by atoms with E-state index < -0.39 is 0 Å². The number of carbonyl (C=O) groups excluding carboxylic acids is 1. The van der Waals surface area contributed by atoms with Gasteiger partial charge in [0.15, 0.2) is 0 Å². The minimum atomic E-state index is -0.216. The van der Waals surface area contributed by atoms with Gasteiger partial charge in [0.25, 0.3) is 5.91 Å². The van der Waals surface area contributed by atoms with E-state index in [9.17, 15) is 4.79 Å². The number of hydrogen-bond donors (Lipinski definition) is 2. The molecule has 1 aliphatic heterocycles. The molecule has 0 aromatic heterocycles. The second kappa shape index (κ2) is 8.05. The van der Waals surface area contributed by atoms with Gasteiger partial charge >= 0.3 is 0 Å². The Hall–Kier alpha value is -2.52. The summed E-state index contributed by atoms with van der Waals surface area (Å²) in [4.78, 5) is 13.9. The van der Waals surface area contributed by atoms with Gasteiger partial charge in [-0.2, -0.15) is 5.26 Å². The Bertz CT molecular complexity index is 569. The number of hydrogen-bond acceptors (Lipinski definition) is 5. The summed E-state index contributed by atoms with van der Waals surface area (Å²) in [6, 6.07) is 9.59. The molecule has 1 aromatic carbocycles. The molecule has 1 amide bonds. The lowest BCUT2D eigenvalue weighted by molar-refractivity contribution is -0.127. The number of benzene rings is 1. The van der Waals surface area contributed by atoms with Crippen molar-refractivity contribution in [2.45, 2.75) is 6.54 Å². The second-order valence-electron chi connectivity index (χ2n) is 4.94. The standard InChI is InChI=1S/C16H20N4O2/c1-22-15-4-2-13(3-5-15)11-19-12-14(10-17)16(21)20-8-6-18-7-9-20/h2-5,12,18-19H,6-9,11H2,1H3/b14-12-. The summed E-state index contributed by atoms with van der Waals surface area (Å²) in [6.07, 6.45) is 1.49. The summed E-state index contributed by atoms with van der Waals surface area (Å²) >= 11 is 0. The summed E-state index contributed by atoms with van der Waals surface area (Å²) < 4.78 is 5.10. The quantitative estimate of drug-likeness (QED) is 0.616. The highest BCUT2D eigenvalue weighted by Gasteiger charge is 2.19. The molecule has 0 saturated carbocycles. The summed E-state index contributed by atoms with van der Waals surface area (Å²) in [5.74, 6) is 0.581. The molecule has 0 bridgehead atoms. The smallest absolute Gasteiger partial charge is 0.266 e. The van der Waals surface area contributed by atoms with Crippen LogP contribution in [0.25, 0.3) is 0 Å². The van der Waals surface area contributed by atoms with Crippen LogP contribution in [0.5, 0.6) is 5.75 Å². The molecule has 0 aliphatic carbocycles. The van der Waals surface area contributed by atoms with E-state index in [4.69, 9.17) is 10.00 Å². The molecule has 2 rings (SSSR count). The number of rotatable bonds is 5. The van der Waals surface area contributed by atoms with Crippen molar-refractivity contribution in [3.63, 3.8) is 0 Å². The van der Waals surface area contributed by atoms with E-state index in [-0.39, 0.29) is 11.5 Å². The zero-order chi connectivity index (χ0) is 15.8. The molecule has 6 nitrogen and oxygen atoms in total. The summed E-state index contributed by atoms with van der Waals surface area (Å²) in [7, 11) is 1.62. The average Bonchev–Trinajstić information content (AvgIpc) is 2.59. The van der Waals surface area contributed by atoms with Crippen LogP contribution >= 0.6 is 0 Å². The zero-order valence-electron chi connectivity index (χ0n) is 12.6. The number of piperazine rings is 1. The van der Waals surface area contributed by atoms with Gasteiger partial charge in [-0.05, 0) is 17.7 Å². The van der Waals surface area contributed by atoms with Crippen molar-refractivity contribution in [2.75, 3.05) is 33.3 Å². The molecule has 0 spiro atoms. The Labute approximate surface area is 130 Å². The fourth-order valence-electron chi connectivity index (χ4n) is 2.19. The lowest BCUT2D eigenvalue weighted by atomic mass is 10.2. The predicted octanol–water partition coefficient (Wildman–Crippen LogP) is 0.624. The van der Waals surface area contributed by atoms with Crippen LogP contribution in [0.2, 0.25) is 0 Å². The molecular formula is C16H20N4O2. The molecule has 116 valence electrons. The van der Waals surface area contributed by atoms with Gasteiger partial charge in [0, 0.05) is 38.9 Å². The SMILES string of the molecule is COc1ccc(CN/C=C(/C#N)C(=O)N2CCNCC2)cc1. The molecule has 22 heavy (non-hydrogen) atoms. The lowest BCUT2D eigenvalue weighted by Gasteiger charge is -2.27. The van der Waals surface area contributed by atoms with E-state index in [1.807, 2.05) is 30.3 Å². The van der Waals surface area contributed by atoms with Crippen LogP contribution in [-0.4, -0.2) is 44.1 Å². The third-order valence-corrected chi connectivity index (χ3v) is 3.47. The van der Waals surface area contributed by atoms with E-state index in [1.54, 1.807) is 12.0 Å². The number of amides is 1. The largest absolute Gasteiger partial charge is 0.497 e. The van der Waals surface area contributed by atoms with Gasteiger partial charge in [-0.15, -0.1) is 0 Å². The first-order valence-electron chi connectivity index (χ1n) is 7.21. The van der Waals surface area contributed by atoms with E-state index in [1.165, 1.54) is 6.20 Å². The van der Waals surface area contributed by atoms with Gasteiger partial charge in [-0.1, -0.05) is 12.1 Å². The van der Waals surface area contributed by atoms with Gasteiger partial charge in [0.05, 0.1) is 7.11 Å².